The second-order valence-electron chi connectivity index (χ2n) is 5.49. The van der Waals surface area contributed by atoms with Crippen molar-refractivity contribution in [3.05, 3.63) is 23.8 Å². The Bertz CT molecular complexity index is 735. The van der Waals surface area contributed by atoms with Crippen LogP contribution in [0.4, 0.5) is 4.79 Å². The van der Waals surface area contributed by atoms with Gasteiger partial charge in [-0.1, -0.05) is 6.07 Å². The number of ether oxygens (including phenoxy) is 3. The molecule has 1 aliphatic heterocycles. The maximum atomic E-state index is 12.2. The first kappa shape index (κ1) is 19.3. The van der Waals surface area contributed by atoms with E-state index < -0.39 is 41.2 Å². The second kappa shape index (κ2) is 7.46. The number of aliphatic hydroxyl groups is 1. The number of carbonyl (C=O) groups excluding carboxylic acids is 1. The summed E-state index contributed by atoms with van der Waals surface area (Å²) < 4.78 is 43.4. The third-order valence-corrected chi connectivity index (χ3v) is 4.36. The zero-order chi connectivity index (χ0) is 18.8. The van der Waals surface area contributed by atoms with Gasteiger partial charge >= 0.3 is 6.09 Å². The van der Waals surface area contributed by atoms with Crippen molar-refractivity contribution in [1.82, 2.24) is 4.90 Å². The van der Waals surface area contributed by atoms with Gasteiger partial charge in [0.1, 0.15) is 0 Å². The third kappa shape index (κ3) is 4.14. The van der Waals surface area contributed by atoms with E-state index in [-0.39, 0.29) is 0 Å². The van der Waals surface area contributed by atoms with Gasteiger partial charge in [0.25, 0.3) is 10.1 Å². The molecule has 1 aromatic rings. The average molecular weight is 375 g/mol. The number of hydrogen-bond donors (Lipinski definition) is 1. The maximum absolute atomic E-state index is 12.2. The molecule has 2 rings (SSSR count). The molecule has 0 aliphatic carbocycles. The molecule has 0 radical (unpaired) electrons. The monoisotopic (exact) mass is 375 g/mol. The second-order valence-corrected chi connectivity index (χ2v) is 7.09. The SMILES string of the molecule is COc1ccc([C@H](C)N2C(=O)O[C@@H](CO)C2OS(C)(=O)=O)cc1OC. The minimum Gasteiger partial charge on any atom is -0.493 e. The minimum atomic E-state index is -3.88. The van der Waals surface area contributed by atoms with Crippen molar-refractivity contribution in [1.29, 1.82) is 0 Å². The van der Waals surface area contributed by atoms with E-state index in [1.807, 2.05) is 0 Å². The fourth-order valence-corrected chi connectivity index (χ4v) is 3.17. The van der Waals surface area contributed by atoms with Crippen molar-refractivity contribution in [3.8, 4) is 11.5 Å². The van der Waals surface area contributed by atoms with Crippen LogP contribution in [0.5, 0.6) is 11.5 Å². The lowest BCUT2D eigenvalue weighted by Crippen LogP contribution is -2.42. The lowest BCUT2D eigenvalue weighted by molar-refractivity contribution is 0.00118. The molecule has 10 heteroatoms. The number of rotatable bonds is 7. The van der Waals surface area contributed by atoms with Crippen LogP contribution in [0.15, 0.2) is 18.2 Å². The molecule has 1 heterocycles. The number of hydrogen-bond acceptors (Lipinski definition) is 8. The van der Waals surface area contributed by atoms with Gasteiger partial charge in [0.15, 0.2) is 23.8 Å². The van der Waals surface area contributed by atoms with E-state index in [1.165, 1.54) is 14.2 Å². The first-order valence-corrected chi connectivity index (χ1v) is 9.23. The largest absolute Gasteiger partial charge is 0.493 e. The number of aliphatic hydroxyl groups excluding tert-OH is 1. The molecule has 1 N–H and O–H groups in total. The van der Waals surface area contributed by atoms with E-state index in [0.717, 1.165) is 11.2 Å². The van der Waals surface area contributed by atoms with Crippen molar-refractivity contribution in [2.45, 2.75) is 25.3 Å². The number of cyclic esters (lactones) is 1. The Morgan fingerprint density at radius 2 is 1.92 bits per heavy atom. The predicted octanol–water partition coefficient (Wildman–Crippen LogP) is 0.880. The lowest BCUT2D eigenvalue weighted by atomic mass is 10.1. The zero-order valence-electron chi connectivity index (χ0n) is 14.3. The molecule has 0 saturated carbocycles. The Hall–Kier alpha value is -2.04. The smallest absolute Gasteiger partial charge is 0.413 e. The fraction of sp³-hybridized carbons (Fsp3) is 0.533. The Morgan fingerprint density at radius 1 is 1.28 bits per heavy atom. The van der Waals surface area contributed by atoms with E-state index in [0.29, 0.717) is 17.1 Å². The molecule has 1 saturated heterocycles. The van der Waals surface area contributed by atoms with Crippen molar-refractivity contribution >= 4 is 16.2 Å². The number of benzene rings is 1. The van der Waals surface area contributed by atoms with Gasteiger partial charge in [-0.05, 0) is 24.6 Å². The standard InChI is InChI=1S/C15H21NO8S/c1-9(10-5-6-11(21-2)12(7-10)22-3)16-14(24-25(4,19)20)13(8-17)23-15(16)18/h5-7,9,13-14,17H,8H2,1-4H3/t9-,13-,14?/m0/s1. The summed E-state index contributed by atoms with van der Waals surface area (Å²) in [5, 5.41) is 9.36. The number of amides is 1. The molecule has 1 unspecified atom stereocenters. The van der Waals surface area contributed by atoms with E-state index in [2.05, 4.69) is 0 Å². The van der Waals surface area contributed by atoms with Gasteiger partial charge in [0.05, 0.1) is 33.1 Å². The Kier molecular flexibility index (Phi) is 5.76. The molecule has 140 valence electrons. The van der Waals surface area contributed by atoms with Gasteiger partial charge in [-0.2, -0.15) is 8.42 Å². The first-order chi connectivity index (χ1) is 11.7. The summed E-state index contributed by atoms with van der Waals surface area (Å²) in [5.74, 6) is 0.971. The highest BCUT2D eigenvalue weighted by Crippen LogP contribution is 2.35. The molecule has 0 aromatic heterocycles. The van der Waals surface area contributed by atoms with Crippen LogP contribution < -0.4 is 9.47 Å². The van der Waals surface area contributed by atoms with E-state index >= 15 is 0 Å². The van der Waals surface area contributed by atoms with Crippen LogP contribution in [0.25, 0.3) is 0 Å². The van der Waals surface area contributed by atoms with E-state index in [9.17, 15) is 18.3 Å². The summed E-state index contributed by atoms with van der Waals surface area (Å²) >= 11 is 0. The molecule has 1 aromatic carbocycles. The van der Waals surface area contributed by atoms with Gasteiger partial charge in [-0.15, -0.1) is 0 Å². The summed E-state index contributed by atoms with van der Waals surface area (Å²) in [5.41, 5.74) is 0.648. The van der Waals surface area contributed by atoms with E-state index in [4.69, 9.17) is 18.4 Å². The van der Waals surface area contributed by atoms with Gasteiger partial charge in [-0.3, -0.25) is 4.90 Å². The van der Waals surface area contributed by atoms with Crippen LogP contribution >= 0.6 is 0 Å². The van der Waals surface area contributed by atoms with Crippen LogP contribution in [0, 0.1) is 0 Å². The van der Waals surface area contributed by atoms with Crippen molar-refractivity contribution < 1.29 is 36.7 Å². The summed E-state index contributed by atoms with van der Waals surface area (Å²) in [6.45, 7) is 1.11. The summed E-state index contributed by atoms with van der Waals surface area (Å²) in [6.07, 6.45) is -2.29. The number of methoxy groups -OCH3 is 2. The van der Waals surface area contributed by atoms with Crippen LogP contribution in [-0.2, 0) is 19.0 Å². The topological polar surface area (TPSA) is 112 Å². The molecular weight excluding hydrogens is 354 g/mol. The summed E-state index contributed by atoms with van der Waals surface area (Å²) in [7, 11) is -0.895. The first-order valence-electron chi connectivity index (χ1n) is 7.41. The Balaban J connectivity index is 2.37. The minimum absolute atomic E-state index is 0.457. The zero-order valence-corrected chi connectivity index (χ0v) is 15.1. The molecule has 0 bridgehead atoms. The molecule has 3 atom stereocenters. The highest BCUT2D eigenvalue weighted by atomic mass is 32.2. The van der Waals surface area contributed by atoms with Crippen LogP contribution in [0.1, 0.15) is 18.5 Å². The third-order valence-electron chi connectivity index (χ3n) is 3.82. The van der Waals surface area contributed by atoms with Crippen molar-refractivity contribution in [2.75, 3.05) is 27.1 Å². The molecule has 1 fully saturated rings. The summed E-state index contributed by atoms with van der Waals surface area (Å²) in [6, 6.07) is 4.45. The van der Waals surface area contributed by atoms with Crippen LogP contribution in [-0.4, -0.2) is 63.9 Å². The molecule has 0 spiro atoms. The van der Waals surface area contributed by atoms with Crippen LogP contribution in [0.2, 0.25) is 0 Å². The predicted molar refractivity (Wildman–Crippen MR) is 86.9 cm³/mol. The highest BCUT2D eigenvalue weighted by molar-refractivity contribution is 7.86. The summed E-state index contributed by atoms with van der Waals surface area (Å²) in [4.78, 5) is 13.3. The van der Waals surface area contributed by atoms with Crippen LogP contribution in [0.3, 0.4) is 0 Å². The van der Waals surface area contributed by atoms with Gasteiger partial charge in [0, 0.05) is 0 Å². The molecule has 9 nitrogen and oxygen atoms in total. The Labute approximate surface area is 146 Å². The average Bonchev–Trinajstić information content (AvgIpc) is 2.87. The number of nitrogens with zero attached hydrogens (tertiary/aromatic N) is 1. The molecular formula is C15H21NO8S. The van der Waals surface area contributed by atoms with Gasteiger partial charge in [0.2, 0.25) is 0 Å². The number of carbonyl (C=O) groups is 1. The quantitative estimate of drug-likeness (QED) is 0.699. The Morgan fingerprint density at radius 3 is 2.44 bits per heavy atom. The van der Waals surface area contributed by atoms with E-state index in [1.54, 1.807) is 25.1 Å². The van der Waals surface area contributed by atoms with Gasteiger partial charge in [-0.25, -0.2) is 8.98 Å². The molecule has 25 heavy (non-hydrogen) atoms. The normalized spacial score (nSPS) is 21.8. The lowest BCUT2D eigenvalue weighted by Gasteiger charge is -2.29. The highest BCUT2D eigenvalue weighted by Gasteiger charge is 2.47. The van der Waals surface area contributed by atoms with Crippen molar-refractivity contribution in [2.24, 2.45) is 0 Å². The van der Waals surface area contributed by atoms with Gasteiger partial charge < -0.3 is 19.3 Å². The molecule has 1 amide bonds. The molecule has 1 aliphatic rings. The maximum Gasteiger partial charge on any atom is 0.413 e. The van der Waals surface area contributed by atoms with Crippen molar-refractivity contribution in [3.63, 3.8) is 0 Å². The fourth-order valence-electron chi connectivity index (χ4n) is 2.60.